The Morgan fingerprint density at radius 2 is 1.48 bits per heavy atom. The summed E-state index contributed by atoms with van der Waals surface area (Å²) in [7, 11) is 0. The van der Waals surface area contributed by atoms with E-state index in [9.17, 15) is 4.79 Å². The highest BCUT2D eigenvalue weighted by Crippen LogP contribution is 2.24. The van der Waals surface area contributed by atoms with Crippen molar-refractivity contribution < 1.29 is 14.3 Å². The van der Waals surface area contributed by atoms with Gasteiger partial charge in [0.1, 0.15) is 11.9 Å². The fourth-order valence-corrected chi connectivity index (χ4v) is 3.17. The molecule has 132 valence electrons. The predicted molar refractivity (Wildman–Crippen MR) is 99.7 cm³/mol. The van der Waals surface area contributed by atoms with Crippen LogP contribution in [0.2, 0.25) is 0 Å². The smallest absolute Gasteiger partial charge is 0.347 e. The Morgan fingerprint density at radius 1 is 0.920 bits per heavy atom. The third-order valence-electron chi connectivity index (χ3n) is 4.72. The van der Waals surface area contributed by atoms with Crippen LogP contribution in [0.4, 0.5) is 0 Å². The Labute approximate surface area is 150 Å². The van der Waals surface area contributed by atoms with Crippen LogP contribution in [0.3, 0.4) is 0 Å². The molecule has 0 heterocycles. The van der Waals surface area contributed by atoms with E-state index in [1.54, 1.807) is 6.92 Å². The summed E-state index contributed by atoms with van der Waals surface area (Å²) in [6.45, 7) is 3.83. The van der Waals surface area contributed by atoms with E-state index in [1.807, 2.05) is 24.3 Å². The molecule has 2 aromatic rings. The lowest BCUT2D eigenvalue weighted by atomic mass is 9.98. The van der Waals surface area contributed by atoms with E-state index in [0.29, 0.717) is 5.75 Å². The minimum Gasteiger partial charge on any atom is -0.479 e. The number of benzene rings is 2. The molecule has 0 spiro atoms. The molecule has 2 aromatic carbocycles. The minimum atomic E-state index is -0.591. The number of carbonyl (C=O) groups excluding carboxylic acids is 1. The molecule has 3 nitrogen and oxygen atoms in total. The molecule has 0 radical (unpaired) electrons. The number of esters is 1. The third kappa shape index (κ3) is 4.85. The lowest BCUT2D eigenvalue weighted by Gasteiger charge is -2.23. The lowest BCUT2D eigenvalue weighted by molar-refractivity contribution is -0.158. The zero-order valence-corrected chi connectivity index (χ0v) is 15.0. The van der Waals surface area contributed by atoms with Crippen LogP contribution in [0.1, 0.15) is 44.6 Å². The van der Waals surface area contributed by atoms with Gasteiger partial charge in [-0.05, 0) is 62.8 Å². The van der Waals surface area contributed by atoms with Gasteiger partial charge in [0.05, 0.1) is 0 Å². The van der Waals surface area contributed by atoms with E-state index in [0.717, 1.165) is 31.2 Å². The maximum atomic E-state index is 12.2. The molecular weight excluding hydrogens is 312 g/mol. The molecule has 1 saturated carbocycles. The van der Waals surface area contributed by atoms with Crippen LogP contribution in [0.5, 0.6) is 5.75 Å². The van der Waals surface area contributed by atoms with Gasteiger partial charge < -0.3 is 9.47 Å². The zero-order valence-electron chi connectivity index (χ0n) is 15.0. The summed E-state index contributed by atoms with van der Waals surface area (Å²) in [4.78, 5) is 12.2. The standard InChI is InChI=1S/C22H26O3/c1-16-8-10-18(11-9-16)19-12-14-21(15-13-19)24-17(2)22(23)25-20-6-4-3-5-7-20/h8-15,17,20H,3-7H2,1-2H3. The lowest BCUT2D eigenvalue weighted by Crippen LogP contribution is -2.31. The van der Waals surface area contributed by atoms with E-state index < -0.39 is 6.10 Å². The van der Waals surface area contributed by atoms with E-state index in [4.69, 9.17) is 9.47 Å². The molecule has 0 saturated heterocycles. The second-order valence-electron chi connectivity index (χ2n) is 6.85. The Bertz CT molecular complexity index is 682. The highest BCUT2D eigenvalue weighted by atomic mass is 16.6. The molecule has 0 aromatic heterocycles. The Hall–Kier alpha value is -2.29. The molecule has 3 rings (SSSR count). The van der Waals surface area contributed by atoms with Crippen LogP contribution in [-0.4, -0.2) is 18.2 Å². The second-order valence-corrected chi connectivity index (χ2v) is 6.85. The first-order chi connectivity index (χ1) is 12.1. The number of hydrogen-bond acceptors (Lipinski definition) is 3. The molecule has 1 unspecified atom stereocenters. The molecule has 1 aliphatic carbocycles. The quantitative estimate of drug-likeness (QED) is 0.694. The molecule has 0 N–H and O–H groups in total. The Morgan fingerprint density at radius 3 is 2.08 bits per heavy atom. The van der Waals surface area contributed by atoms with Crippen LogP contribution >= 0.6 is 0 Å². The number of aryl methyl sites for hydroxylation is 1. The van der Waals surface area contributed by atoms with Gasteiger partial charge in [-0.3, -0.25) is 0 Å². The molecular formula is C22H26O3. The van der Waals surface area contributed by atoms with Crippen LogP contribution in [0, 0.1) is 6.92 Å². The van der Waals surface area contributed by atoms with E-state index in [-0.39, 0.29) is 12.1 Å². The summed E-state index contributed by atoms with van der Waals surface area (Å²) in [6, 6.07) is 16.2. The summed E-state index contributed by atoms with van der Waals surface area (Å²) in [5.41, 5.74) is 3.54. The van der Waals surface area contributed by atoms with Crippen molar-refractivity contribution in [3.63, 3.8) is 0 Å². The van der Waals surface area contributed by atoms with Crippen molar-refractivity contribution in [2.75, 3.05) is 0 Å². The van der Waals surface area contributed by atoms with Crippen molar-refractivity contribution in [1.82, 2.24) is 0 Å². The molecule has 1 atom stereocenters. The first-order valence-electron chi connectivity index (χ1n) is 9.16. The van der Waals surface area contributed by atoms with Gasteiger partial charge in [0.15, 0.2) is 6.10 Å². The normalized spacial score (nSPS) is 16.2. The van der Waals surface area contributed by atoms with E-state index >= 15 is 0 Å². The fraction of sp³-hybridized carbons (Fsp3) is 0.409. The van der Waals surface area contributed by atoms with Gasteiger partial charge in [0.25, 0.3) is 0 Å². The van der Waals surface area contributed by atoms with Gasteiger partial charge in [0, 0.05) is 0 Å². The van der Waals surface area contributed by atoms with E-state index in [1.165, 1.54) is 17.5 Å². The first kappa shape index (κ1) is 17.5. The van der Waals surface area contributed by atoms with Crippen molar-refractivity contribution in [2.24, 2.45) is 0 Å². The molecule has 0 aliphatic heterocycles. The molecule has 1 aliphatic rings. The maximum absolute atomic E-state index is 12.2. The number of ether oxygens (including phenoxy) is 2. The van der Waals surface area contributed by atoms with Crippen molar-refractivity contribution in [1.29, 1.82) is 0 Å². The summed E-state index contributed by atoms with van der Waals surface area (Å²) in [5.74, 6) is 0.415. The zero-order chi connectivity index (χ0) is 17.6. The van der Waals surface area contributed by atoms with Crippen LogP contribution in [0.25, 0.3) is 11.1 Å². The molecule has 0 bridgehead atoms. The summed E-state index contributed by atoms with van der Waals surface area (Å²) in [6.07, 6.45) is 4.96. The topological polar surface area (TPSA) is 35.5 Å². The highest BCUT2D eigenvalue weighted by Gasteiger charge is 2.22. The van der Waals surface area contributed by atoms with Gasteiger partial charge in [-0.1, -0.05) is 48.4 Å². The summed E-state index contributed by atoms with van der Waals surface area (Å²) < 4.78 is 11.3. The van der Waals surface area contributed by atoms with Crippen LogP contribution in [0.15, 0.2) is 48.5 Å². The van der Waals surface area contributed by atoms with Gasteiger partial charge in [-0.15, -0.1) is 0 Å². The average Bonchev–Trinajstić information content (AvgIpc) is 2.64. The molecule has 0 amide bonds. The van der Waals surface area contributed by atoms with Gasteiger partial charge in [-0.2, -0.15) is 0 Å². The van der Waals surface area contributed by atoms with Crippen LogP contribution in [-0.2, 0) is 9.53 Å². The first-order valence-corrected chi connectivity index (χ1v) is 9.16. The van der Waals surface area contributed by atoms with Gasteiger partial charge in [-0.25, -0.2) is 4.79 Å². The maximum Gasteiger partial charge on any atom is 0.347 e. The molecule has 25 heavy (non-hydrogen) atoms. The second kappa shape index (κ2) is 8.19. The van der Waals surface area contributed by atoms with E-state index in [2.05, 4.69) is 31.2 Å². The van der Waals surface area contributed by atoms with Crippen LogP contribution < -0.4 is 4.74 Å². The number of carbonyl (C=O) groups is 1. The fourth-order valence-electron chi connectivity index (χ4n) is 3.17. The van der Waals surface area contributed by atoms with Gasteiger partial charge >= 0.3 is 5.97 Å². The molecule has 3 heteroatoms. The van der Waals surface area contributed by atoms with Crippen molar-refractivity contribution >= 4 is 5.97 Å². The predicted octanol–water partition coefficient (Wildman–Crippen LogP) is 5.31. The van der Waals surface area contributed by atoms with Crippen molar-refractivity contribution in [3.05, 3.63) is 54.1 Å². The number of rotatable bonds is 5. The largest absolute Gasteiger partial charge is 0.479 e. The monoisotopic (exact) mass is 338 g/mol. The average molecular weight is 338 g/mol. The Balaban J connectivity index is 1.56. The van der Waals surface area contributed by atoms with Crippen molar-refractivity contribution in [3.8, 4) is 16.9 Å². The summed E-state index contributed by atoms with van der Waals surface area (Å²) in [5, 5.41) is 0. The van der Waals surface area contributed by atoms with Gasteiger partial charge in [0.2, 0.25) is 0 Å². The number of hydrogen-bond donors (Lipinski definition) is 0. The minimum absolute atomic E-state index is 0.0659. The highest BCUT2D eigenvalue weighted by molar-refractivity contribution is 5.75. The van der Waals surface area contributed by atoms with Crippen molar-refractivity contribution in [2.45, 2.75) is 58.2 Å². The Kier molecular flexibility index (Phi) is 5.75. The molecule has 1 fully saturated rings. The SMILES string of the molecule is Cc1ccc(-c2ccc(OC(C)C(=O)OC3CCCCC3)cc2)cc1. The summed E-state index contributed by atoms with van der Waals surface area (Å²) >= 11 is 0. The third-order valence-corrected chi connectivity index (χ3v) is 4.72.